The molecule has 0 saturated carbocycles. The molecule has 0 aliphatic heterocycles. The Morgan fingerprint density at radius 2 is 1.87 bits per heavy atom. The van der Waals surface area contributed by atoms with Crippen molar-refractivity contribution >= 4 is 55.1 Å². The average Bonchev–Trinajstić information content (AvgIpc) is 3.03. The number of hydrogen-bond donors (Lipinski definition) is 0. The zero-order valence-corrected chi connectivity index (χ0v) is 18.4. The lowest BCUT2D eigenvalue weighted by atomic mass is 10.2. The number of fused-ring (bicyclic) bond motifs is 1. The predicted octanol–water partition coefficient (Wildman–Crippen LogP) is 3.00. The number of esters is 2. The second kappa shape index (κ2) is 8.99. The maximum Gasteiger partial charge on any atom is 0.338 e. The number of nitrogens with zero attached hydrogens (tertiary/aromatic N) is 2. The minimum absolute atomic E-state index is 0.0406. The van der Waals surface area contributed by atoms with E-state index in [0.29, 0.717) is 20.8 Å². The first-order valence-corrected chi connectivity index (χ1v) is 11.3. The highest BCUT2D eigenvalue weighted by atomic mass is 35.5. The Morgan fingerprint density at radius 3 is 2.50 bits per heavy atom. The molecule has 158 valence electrons. The number of ether oxygens (including phenoxy) is 2. The molecule has 1 aromatic heterocycles. The Morgan fingerprint density at radius 1 is 1.17 bits per heavy atom. The largest absolute Gasteiger partial charge is 0.468 e. The van der Waals surface area contributed by atoms with Gasteiger partial charge < -0.3 is 14.0 Å². The van der Waals surface area contributed by atoms with Gasteiger partial charge in [-0.25, -0.2) is 4.79 Å². The van der Waals surface area contributed by atoms with Gasteiger partial charge >= 0.3 is 11.9 Å². The lowest BCUT2D eigenvalue weighted by Gasteiger charge is -2.05. The van der Waals surface area contributed by atoms with Crippen molar-refractivity contribution < 1.29 is 27.5 Å². The summed E-state index contributed by atoms with van der Waals surface area (Å²) in [5.41, 5.74) is 0.839. The number of methoxy groups -OCH3 is 1. The molecule has 2 aromatic carbocycles. The molecular formula is C19H17ClN2O6S2. The zero-order valence-electron chi connectivity index (χ0n) is 16.0. The second-order valence-electron chi connectivity index (χ2n) is 5.97. The van der Waals surface area contributed by atoms with Gasteiger partial charge in [0.2, 0.25) is 4.80 Å². The van der Waals surface area contributed by atoms with Gasteiger partial charge in [0, 0.05) is 5.02 Å². The SMILES string of the molecule is CCOC(=O)c1ccc2c(c1)sc(=NS(=O)(=O)c1ccc(Cl)cc1)n2CC(=O)OC. The van der Waals surface area contributed by atoms with Crippen LogP contribution in [0.3, 0.4) is 0 Å². The third-order valence-corrected chi connectivity index (χ3v) is 6.71. The van der Waals surface area contributed by atoms with E-state index in [0.717, 1.165) is 11.3 Å². The van der Waals surface area contributed by atoms with E-state index in [1.165, 1.54) is 42.0 Å². The average molecular weight is 469 g/mol. The lowest BCUT2D eigenvalue weighted by molar-refractivity contribution is -0.141. The number of halogens is 1. The molecule has 0 fully saturated rings. The Balaban J connectivity index is 2.19. The Bertz CT molecular complexity index is 1280. The van der Waals surface area contributed by atoms with Crippen LogP contribution in [0.1, 0.15) is 17.3 Å². The summed E-state index contributed by atoms with van der Waals surface area (Å²) >= 11 is 6.85. The Labute approximate surface area is 181 Å². The Hall–Kier alpha value is -2.69. The number of carbonyl (C=O) groups excluding carboxylic acids is 2. The molecule has 1 heterocycles. The molecule has 3 aromatic rings. The molecule has 0 spiro atoms. The van der Waals surface area contributed by atoms with Gasteiger partial charge in [0.25, 0.3) is 10.0 Å². The van der Waals surface area contributed by atoms with E-state index in [2.05, 4.69) is 4.40 Å². The molecule has 0 N–H and O–H groups in total. The predicted molar refractivity (Wildman–Crippen MR) is 112 cm³/mol. The van der Waals surface area contributed by atoms with E-state index < -0.39 is 22.0 Å². The molecular weight excluding hydrogens is 452 g/mol. The van der Waals surface area contributed by atoms with Gasteiger partial charge in [-0.1, -0.05) is 22.9 Å². The van der Waals surface area contributed by atoms with Gasteiger partial charge in [0.05, 0.1) is 34.4 Å². The van der Waals surface area contributed by atoms with Crippen molar-refractivity contribution in [3.05, 3.63) is 57.9 Å². The first-order chi connectivity index (χ1) is 14.2. The summed E-state index contributed by atoms with van der Waals surface area (Å²) in [6.07, 6.45) is 0. The summed E-state index contributed by atoms with van der Waals surface area (Å²) in [7, 11) is -2.83. The number of aromatic nitrogens is 1. The summed E-state index contributed by atoms with van der Waals surface area (Å²) in [6.45, 7) is 1.68. The monoisotopic (exact) mass is 468 g/mol. The van der Waals surface area contributed by atoms with Crippen molar-refractivity contribution in [3.8, 4) is 0 Å². The van der Waals surface area contributed by atoms with E-state index in [1.807, 2.05) is 0 Å². The van der Waals surface area contributed by atoms with Gasteiger partial charge in [-0.15, -0.1) is 4.40 Å². The van der Waals surface area contributed by atoms with Crippen LogP contribution in [0.2, 0.25) is 5.02 Å². The second-order valence-corrected chi connectivity index (χ2v) is 9.02. The van der Waals surface area contributed by atoms with E-state index in [9.17, 15) is 18.0 Å². The molecule has 0 saturated heterocycles. The summed E-state index contributed by atoms with van der Waals surface area (Å²) in [4.78, 5) is 23.9. The normalized spacial score (nSPS) is 12.2. The van der Waals surface area contributed by atoms with Crippen LogP contribution >= 0.6 is 22.9 Å². The van der Waals surface area contributed by atoms with E-state index in [4.69, 9.17) is 21.1 Å². The van der Waals surface area contributed by atoms with Gasteiger partial charge in [-0.2, -0.15) is 8.42 Å². The van der Waals surface area contributed by atoms with Crippen LogP contribution in [0.25, 0.3) is 10.2 Å². The van der Waals surface area contributed by atoms with Gasteiger partial charge in [0.1, 0.15) is 6.54 Å². The maximum absolute atomic E-state index is 12.8. The van der Waals surface area contributed by atoms with Crippen molar-refractivity contribution in [2.24, 2.45) is 4.40 Å². The third kappa shape index (κ3) is 4.72. The third-order valence-electron chi connectivity index (χ3n) is 4.02. The quantitative estimate of drug-likeness (QED) is 0.515. The minimum atomic E-state index is -4.07. The van der Waals surface area contributed by atoms with Crippen molar-refractivity contribution in [2.45, 2.75) is 18.4 Å². The molecule has 8 nitrogen and oxygen atoms in total. The molecule has 0 radical (unpaired) electrons. The lowest BCUT2D eigenvalue weighted by Crippen LogP contribution is -2.22. The summed E-state index contributed by atoms with van der Waals surface area (Å²) in [6, 6.07) is 10.3. The van der Waals surface area contributed by atoms with Gasteiger partial charge in [-0.3, -0.25) is 4.79 Å². The number of sulfonamides is 1. The highest BCUT2D eigenvalue weighted by Crippen LogP contribution is 2.21. The van der Waals surface area contributed by atoms with E-state index in [1.54, 1.807) is 19.1 Å². The highest BCUT2D eigenvalue weighted by molar-refractivity contribution is 7.90. The molecule has 30 heavy (non-hydrogen) atoms. The van der Waals surface area contributed by atoms with Crippen molar-refractivity contribution in [2.75, 3.05) is 13.7 Å². The van der Waals surface area contributed by atoms with Crippen molar-refractivity contribution in [1.82, 2.24) is 4.57 Å². The van der Waals surface area contributed by atoms with Crippen LogP contribution < -0.4 is 4.80 Å². The van der Waals surface area contributed by atoms with Gasteiger partial charge in [0.15, 0.2) is 0 Å². The van der Waals surface area contributed by atoms with Crippen LogP contribution in [-0.2, 0) is 30.8 Å². The minimum Gasteiger partial charge on any atom is -0.468 e. The van der Waals surface area contributed by atoms with Gasteiger partial charge in [-0.05, 0) is 49.4 Å². The Kier molecular flexibility index (Phi) is 6.59. The standard InChI is InChI=1S/C19H17ClN2O6S2/c1-3-28-18(24)12-4-9-15-16(10-12)29-19(22(15)11-17(23)27-2)21-30(25,26)14-7-5-13(20)6-8-14/h4-10H,3,11H2,1-2H3. The number of rotatable bonds is 6. The summed E-state index contributed by atoms with van der Waals surface area (Å²) in [5.74, 6) is -1.07. The summed E-state index contributed by atoms with van der Waals surface area (Å²) in [5, 5.41) is 0.392. The highest BCUT2D eigenvalue weighted by Gasteiger charge is 2.17. The number of carbonyl (C=O) groups is 2. The summed E-state index contributed by atoms with van der Waals surface area (Å²) < 4.78 is 41.1. The molecule has 11 heteroatoms. The number of hydrogen-bond acceptors (Lipinski definition) is 7. The van der Waals surface area contributed by atoms with E-state index in [-0.39, 0.29) is 22.8 Å². The van der Waals surface area contributed by atoms with Crippen LogP contribution in [-0.4, -0.2) is 38.6 Å². The fraction of sp³-hybridized carbons (Fsp3) is 0.211. The number of benzene rings is 2. The van der Waals surface area contributed by atoms with Crippen LogP contribution in [0.15, 0.2) is 51.8 Å². The first kappa shape index (κ1) is 22.0. The fourth-order valence-corrected chi connectivity index (χ4v) is 4.99. The topological polar surface area (TPSA) is 104 Å². The molecule has 0 aliphatic carbocycles. The van der Waals surface area contributed by atoms with Crippen molar-refractivity contribution in [1.29, 1.82) is 0 Å². The fourth-order valence-electron chi connectivity index (χ4n) is 2.59. The van der Waals surface area contributed by atoms with E-state index >= 15 is 0 Å². The number of thiazole rings is 1. The molecule has 3 rings (SSSR count). The first-order valence-electron chi connectivity index (χ1n) is 8.69. The molecule has 0 amide bonds. The zero-order chi connectivity index (χ0) is 21.9. The molecule has 0 unspecified atom stereocenters. The smallest absolute Gasteiger partial charge is 0.338 e. The van der Waals surface area contributed by atoms with Crippen LogP contribution in [0.4, 0.5) is 0 Å². The van der Waals surface area contributed by atoms with Crippen molar-refractivity contribution in [3.63, 3.8) is 0 Å². The van der Waals surface area contributed by atoms with Crippen LogP contribution in [0.5, 0.6) is 0 Å². The maximum atomic E-state index is 12.8. The molecule has 0 bridgehead atoms. The molecule has 0 aliphatic rings. The molecule has 0 atom stereocenters. The van der Waals surface area contributed by atoms with Crippen LogP contribution in [0, 0.1) is 0 Å².